The lowest BCUT2D eigenvalue weighted by molar-refractivity contribution is 0.100. The van der Waals surface area contributed by atoms with Gasteiger partial charge in [-0.2, -0.15) is 0 Å². The molecule has 114 valence electrons. The molecule has 0 fully saturated rings. The summed E-state index contributed by atoms with van der Waals surface area (Å²) in [6, 6.07) is 4.41. The molecule has 0 spiro atoms. The third-order valence-corrected chi connectivity index (χ3v) is 2.99. The first-order chi connectivity index (χ1) is 10.5. The van der Waals surface area contributed by atoms with E-state index in [-0.39, 0.29) is 18.0 Å². The Bertz CT molecular complexity index is 783. The fourth-order valence-corrected chi connectivity index (χ4v) is 2.08. The third-order valence-electron chi connectivity index (χ3n) is 2.99. The van der Waals surface area contributed by atoms with E-state index in [4.69, 9.17) is 16.6 Å². The highest BCUT2D eigenvalue weighted by Crippen LogP contribution is 2.26. The zero-order chi connectivity index (χ0) is 16.1. The molecule has 0 unspecified atom stereocenters. The van der Waals surface area contributed by atoms with Gasteiger partial charge in [0.2, 0.25) is 0 Å². The molecular weight excluding hydrogens is 284 g/mol. The van der Waals surface area contributed by atoms with Gasteiger partial charge in [-0.15, -0.1) is 0 Å². The maximum Gasteiger partial charge on any atom is 0.317 e. The summed E-state index contributed by atoms with van der Waals surface area (Å²) in [5.41, 5.74) is 12.0. The Morgan fingerprint density at radius 2 is 2.09 bits per heavy atom. The van der Waals surface area contributed by atoms with Crippen LogP contribution in [0.1, 0.15) is 28.8 Å². The van der Waals surface area contributed by atoms with Crippen molar-refractivity contribution in [1.29, 1.82) is 0 Å². The summed E-state index contributed by atoms with van der Waals surface area (Å²) >= 11 is 0. The van der Waals surface area contributed by atoms with Gasteiger partial charge in [-0.1, -0.05) is 17.9 Å². The minimum atomic E-state index is -0.793. The largest absolute Gasteiger partial charge is 0.396 e. The summed E-state index contributed by atoms with van der Waals surface area (Å²) in [5.74, 6) is 5.40. The van der Waals surface area contributed by atoms with Crippen molar-refractivity contribution in [2.45, 2.75) is 12.8 Å². The second-order valence-electron chi connectivity index (χ2n) is 4.62. The fraction of sp³-hybridized carbons (Fsp3) is 0.200. The van der Waals surface area contributed by atoms with Crippen LogP contribution in [0.5, 0.6) is 0 Å². The van der Waals surface area contributed by atoms with Gasteiger partial charge in [0, 0.05) is 29.5 Å². The standard InChI is InChI=1S/C15H16N4O3/c16-13(21)12-10-6-5-9(4-2-1-3-7-20)8-11(10)18-14(12)19-15(17)22/h5-6,8,18,20H,1,3,7H2,(H2,16,21)(H3,17,19,22). The number of carbonyl (C=O) groups excluding carboxylic acids is 2. The van der Waals surface area contributed by atoms with E-state index in [1.807, 2.05) is 0 Å². The second kappa shape index (κ2) is 6.65. The Kier molecular flexibility index (Phi) is 4.66. The number of carbonyl (C=O) groups is 2. The molecule has 2 rings (SSSR count). The number of aromatic nitrogens is 1. The molecule has 7 heteroatoms. The topological polar surface area (TPSA) is 134 Å². The molecule has 0 atom stereocenters. The Morgan fingerprint density at radius 3 is 2.73 bits per heavy atom. The predicted octanol–water partition coefficient (Wildman–Crippen LogP) is 0.881. The number of aliphatic hydroxyl groups excluding tert-OH is 1. The molecule has 1 aromatic heterocycles. The number of H-pyrrole nitrogens is 1. The van der Waals surface area contributed by atoms with E-state index in [2.05, 4.69) is 22.1 Å². The van der Waals surface area contributed by atoms with Gasteiger partial charge >= 0.3 is 6.03 Å². The summed E-state index contributed by atoms with van der Waals surface area (Å²) in [7, 11) is 0. The van der Waals surface area contributed by atoms with Crippen molar-refractivity contribution in [2.24, 2.45) is 11.5 Å². The number of rotatable bonds is 4. The minimum Gasteiger partial charge on any atom is -0.396 e. The van der Waals surface area contributed by atoms with Crippen LogP contribution in [0.15, 0.2) is 18.2 Å². The van der Waals surface area contributed by atoms with Crippen molar-refractivity contribution < 1.29 is 14.7 Å². The quantitative estimate of drug-likeness (QED) is 0.424. The maximum absolute atomic E-state index is 11.6. The Labute approximate surface area is 126 Å². The van der Waals surface area contributed by atoms with Crippen molar-refractivity contribution >= 4 is 28.7 Å². The highest BCUT2D eigenvalue weighted by molar-refractivity contribution is 6.13. The van der Waals surface area contributed by atoms with Crippen LogP contribution in [0.3, 0.4) is 0 Å². The lowest BCUT2D eigenvalue weighted by Gasteiger charge is -2.00. The van der Waals surface area contributed by atoms with E-state index < -0.39 is 11.9 Å². The molecule has 0 saturated heterocycles. The number of urea groups is 1. The average molecular weight is 300 g/mol. The molecule has 0 radical (unpaired) electrons. The van der Waals surface area contributed by atoms with Crippen LogP contribution in [-0.2, 0) is 0 Å². The van der Waals surface area contributed by atoms with Crippen LogP contribution in [0.4, 0.5) is 10.6 Å². The molecule has 0 bridgehead atoms. The minimum absolute atomic E-state index is 0.106. The molecule has 0 saturated carbocycles. The van der Waals surface area contributed by atoms with Crippen molar-refractivity contribution in [3.63, 3.8) is 0 Å². The first kappa shape index (κ1) is 15.4. The smallest absolute Gasteiger partial charge is 0.317 e. The number of primary amides is 2. The number of aromatic amines is 1. The Hall–Kier alpha value is -2.98. The van der Waals surface area contributed by atoms with Crippen LogP contribution < -0.4 is 16.8 Å². The molecule has 0 aliphatic rings. The summed E-state index contributed by atoms with van der Waals surface area (Å²) in [6.45, 7) is 0.106. The van der Waals surface area contributed by atoms with Crippen molar-refractivity contribution in [3.8, 4) is 11.8 Å². The molecule has 7 nitrogen and oxygen atoms in total. The number of aliphatic hydroxyl groups is 1. The molecule has 1 heterocycles. The normalized spacial score (nSPS) is 10.0. The summed E-state index contributed by atoms with van der Waals surface area (Å²) in [4.78, 5) is 25.5. The average Bonchev–Trinajstić information content (AvgIpc) is 2.79. The zero-order valence-corrected chi connectivity index (χ0v) is 11.8. The zero-order valence-electron chi connectivity index (χ0n) is 11.8. The number of nitrogens with two attached hydrogens (primary N) is 2. The van der Waals surface area contributed by atoms with Crippen molar-refractivity contribution in [2.75, 3.05) is 11.9 Å². The van der Waals surface area contributed by atoms with Gasteiger partial charge in [-0.3, -0.25) is 10.1 Å². The second-order valence-corrected chi connectivity index (χ2v) is 4.62. The van der Waals surface area contributed by atoms with Gasteiger partial charge in [0.25, 0.3) is 5.91 Å². The number of hydrogen-bond donors (Lipinski definition) is 5. The van der Waals surface area contributed by atoms with Crippen LogP contribution in [-0.4, -0.2) is 28.6 Å². The highest BCUT2D eigenvalue weighted by atomic mass is 16.3. The lowest BCUT2D eigenvalue weighted by atomic mass is 10.1. The van der Waals surface area contributed by atoms with E-state index in [9.17, 15) is 9.59 Å². The van der Waals surface area contributed by atoms with Crippen molar-refractivity contribution in [3.05, 3.63) is 29.3 Å². The SMILES string of the molecule is NC(=O)Nc1[nH]c2cc(C#CCCCO)ccc2c1C(N)=O. The van der Waals surface area contributed by atoms with E-state index in [0.29, 0.717) is 23.7 Å². The number of nitrogens with one attached hydrogen (secondary N) is 2. The number of unbranched alkanes of at least 4 members (excludes halogenated alkanes) is 1. The van der Waals surface area contributed by atoms with E-state index in [0.717, 1.165) is 5.56 Å². The van der Waals surface area contributed by atoms with Crippen LogP contribution in [0.25, 0.3) is 10.9 Å². The first-order valence-corrected chi connectivity index (χ1v) is 6.64. The monoisotopic (exact) mass is 300 g/mol. The van der Waals surface area contributed by atoms with Gasteiger partial charge in [0.1, 0.15) is 5.82 Å². The number of fused-ring (bicyclic) bond motifs is 1. The first-order valence-electron chi connectivity index (χ1n) is 6.64. The summed E-state index contributed by atoms with van der Waals surface area (Å²) in [5, 5.41) is 11.6. The number of anilines is 1. The van der Waals surface area contributed by atoms with Gasteiger partial charge in [-0.25, -0.2) is 4.79 Å². The molecule has 0 aliphatic carbocycles. The van der Waals surface area contributed by atoms with E-state index in [1.54, 1.807) is 18.2 Å². The lowest BCUT2D eigenvalue weighted by Crippen LogP contribution is -2.22. The predicted molar refractivity (Wildman–Crippen MR) is 83.2 cm³/mol. The highest BCUT2D eigenvalue weighted by Gasteiger charge is 2.17. The van der Waals surface area contributed by atoms with Crippen LogP contribution >= 0.6 is 0 Å². The summed E-state index contributed by atoms with van der Waals surface area (Å²) in [6.07, 6.45) is 1.22. The molecule has 2 aromatic rings. The molecular formula is C15H16N4O3. The van der Waals surface area contributed by atoms with Gasteiger partial charge < -0.3 is 21.6 Å². The fourth-order valence-electron chi connectivity index (χ4n) is 2.08. The number of hydrogen-bond acceptors (Lipinski definition) is 3. The van der Waals surface area contributed by atoms with Gasteiger partial charge in [0.05, 0.1) is 5.56 Å². The van der Waals surface area contributed by atoms with Gasteiger partial charge in [0.15, 0.2) is 0 Å². The molecule has 3 amide bonds. The number of amides is 3. The molecule has 1 aromatic carbocycles. The Balaban J connectivity index is 2.42. The van der Waals surface area contributed by atoms with E-state index in [1.165, 1.54) is 0 Å². The van der Waals surface area contributed by atoms with Crippen molar-refractivity contribution in [1.82, 2.24) is 4.98 Å². The Morgan fingerprint density at radius 1 is 1.32 bits per heavy atom. The summed E-state index contributed by atoms with van der Waals surface area (Å²) < 4.78 is 0. The van der Waals surface area contributed by atoms with Crippen LogP contribution in [0, 0.1) is 11.8 Å². The maximum atomic E-state index is 11.6. The molecule has 22 heavy (non-hydrogen) atoms. The van der Waals surface area contributed by atoms with Gasteiger partial charge in [-0.05, 0) is 18.6 Å². The third kappa shape index (κ3) is 3.37. The molecule has 0 aliphatic heterocycles. The molecule has 7 N–H and O–H groups in total. The van der Waals surface area contributed by atoms with E-state index >= 15 is 0 Å². The van der Waals surface area contributed by atoms with Crippen LogP contribution in [0.2, 0.25) is 0 Å². The number of benzene rings is 1.